The molecule has 1 aromatic heterocycles. The van der Waals surface area contributed by atoms with Gasteiger partial charge in [0.25, 0.3) is 0 Å². The van der Waals surface area contributed by atoms with Crippen LogP contribution >= 0.6 is 0 Å². The van der Waals surface area contributed by atoms with E-state index in [9.17, 15) is 4.79 Å². The zero-order valence-electron chi connectivity index (χ0n) is 7.71. The van der Waals surface area contributed by atoms with Crippen LogP contribution < -0.4 is 0 Å². The first-order valence-corrected chi connectivity index (χ1v) is 4.57. The van der Waals surface area contributed by atoms with Gasteiger partial charge in [-0.25, -0.2) is 0 Å². The molecule has 0 radical (unpaired) electrons. The van der Waals surface area contributed by atoms with Gasteiger partial charge in [-0.15, -0.1) is 0 Å². The molecule has 0 saturated heterocycles. The molecule has 2 aromatic rings. The number of carbonyl (C=O) groups is 1. The van der Waals surface area contributed by atoms with Gasteiger partial charge in [-0.2, -0.15) is 0 Å². The lowest BCUT2D eigenvalue weighted by atomic mass is 10.1. The Kier molecular flexibility index (Phi) is 2.23. The normalized spacial score (nSPS) is 10.6. The quantitative estimate of drug-likeness (QED) is 0.730. The molecule has 0 saturated carbocycles. The largest absolute Gasteiger partial charge is 0.565 e. The van der Waals surface area contributed by atoms with Gasteiger partial charge in [-0.3, -0.25) is 0 Å². The van der Waals surface area contributed by atoms with Crippen molar-refractivity contribution in [1.29, 1.82) is 0 Å². The molecule has 0 aliphatic carbocycles. The Labute approximate surface area is 81.4 Å². The molecule has 3 N–H and O–H groups in total. The first-order chi connectivity index (χ1) is 6.77. The Bertz CT molecular complexity index is 459. The van der Waals surface area contributed by atoms with Crippen LogP contribution in [0.4, 0.5) is 0 Å². The third-order valence-electron chi connectivity index (χ3n) is 2.30. The van der Waals surface area contributed by atoms with Gasteiger partial charge in [-0.1, -0.05) is 18.2 Å². The minimum Gasteiger partial charge on any atom is -0.565 e. The second kappa shape index (κ2) is 3.54. The van der Waals surface area contributed by atoms with Crippen molar-refractivity contribution in [2.24, 2.45) is 0 Å². The molecule has 0 atom stereocenters. The van der Waals surface area contributed by atoms with Gasteiger partial charge in [0, 0.05) is 21.9 Å². The first kappa shape index (κ1) is 8.81. The van der Waals surface area contributed by atoms with E-state index in [0.29, 0.717) is 12.8 Å². The molecular weight excluding hydrogens is 178 g/mol. The summed E-state index contributed by atoms with van der Waals surface area (Å²) in [6.45, 7) is 0. The zero-order chi connectivity index (χ0) is 9.97. The standard InChI is InChI=1S/C11H11NO2/c13-11(14)6-5-8-7-12-10-4-2-1-3-9(8)10/h1-4,7,12H,5-6H2,(H,13,14)/p+1. The summed E-state index contributed by atoms with van der Waals surface area (Å²) >= 11 is 0. The van der Waals surface area contributed by atoms with Gasteiger partial charge in [0.15, 0.2) is 0 Å². The Morgan fingerprint density at radius 3 is 2.93 bits per heavy atom. The fourth-order valence-corrected chi connectivity index (χ4v) is 1.59. The number of H-pyrrole nitrogens is 1. The van der Waals surface area contributed by atoms with Gasteiger partial charge >= 0.3 is 5.97 Å². The van der Waals surface area contributed by atoms with Crippen LogP contribution in [-0.4, -0.2) is 16.1 Å². The third kappa shape index (κ3) is 1.62. The first-order valence-electron chi connectivity index (χ1n) is 4.57. The van der Waals surface area contributed by atoms with Gasteiger partial charge in [0.05, 0.1) is 0 Å². The van der Waals surface area contributed by atoms with Gasteiger partial charge in [0.1, 0.15) is 6.42 Å². The average Bonchev–Trinajstić information content (AvgIpc) is 2.58. The van der Waals surface area contributed by atoms with Crippen molar-refractivity contribution >= 4 is 16.9 Å². The number of hydrogen-bond acceptors (Lipinski definition) is 1. The molecule has 0 unspecified atom stereocenters. The van der Waals surface area contributed by atoms with Crippen LogP contribution in [0.1, 0.15) is 12.0 Å². The molecular formula is C11H12NO2+. The van der Waals surface area contributed by atoms with Crippen LogP contribution in [0.15, 0.2) is 30.5 Å². The lowest BCUT2D eigenvalue weighted by Gasteiger charge is -1.93. The van der Waals surface area contributed by atoms with E-state index in [1.54, 1.807) is 0 Å². The second-order valence-corrected chi connectivity index (χ2v) is 3.28. The minimum atomic E-state index is -0.504. The SMILES string of the molecule is O=C([OH2+])CCc1c[nH]c2ccccc12. The zero-order valence-corrected chi connectivity index (χ0v) is 7.71. The highest BCUT2D eigenvalue weighted by Crippen LogP contribution is 2.18. The average molecular weight is 190 g/mol. The monoisotopic (exact) mass is 190 g/mol. The van der Waals surface area contributed by atoms with Crippen molar-refractivity contribution in [2.45, 2.75) is 12.8 Å². The molecule has 0 aliphatic heterocycles. The summed E-state index contributed by atoms with van der Waals surface area (Å²) in [7, 11) is 0. The lowest BCUT2D eigenvalue weighted by Crippen LogP contribution is -1.96. The van der Waals surface area contributed by atoms with Crippen molar-refractivity contribution < 1.29 is 9.90 Å². The number of nitrogens with one attached hydrogen (secondary N) is 1. The van der Waals surface area contributed by atoms with E-state index in [-0.39, 0.29) is 0 Å². The van der Waals surface area contributed by atoms with Crippen molar-refractivity contribution in [3.63, 3.8) is 0 Å². The van der Waals surface area contributed by atoms with E-state index >= 15 is 0 Å². The number of rotatable bonds is 3. The molecule has 0 fully saturated rings. The molecule has 3 nitrogen and oxygen atoms in total. The van der Waals surface area contributed by atoms with Crippen LogP contribution in [0.3, 0.4) is 0 Å². The fourth-order valence-electron chi connectivity index (χ4n) is 1.59. The van der Waals surface area contributed by atoms with Crippen molar-refractivity contribution in [2.75, 3.05) is 0 Å². The topological polar surface area (TPSA) is 55.8 Å². The summed E-state index contributed by atoms with van der Waals surface area (Å²) in [5.41, 5.74) is 2.20. The Morgan fingerprint density at radius 1 is 1.36 bits per heavy atom. The summed E-state index contributed by atoms with van der Waals surface area (Å²) in [6, 6.07) is 7.97. The van der Waals surface area contributed by atoms with E-state index in [2.05, 4.69) is 4.98 Å². The van der Waals surface area contributed by atoms with E-state index < -0.39 is 5.97 Å². The maximum Gasteiger partial charge on any atom is 0.516 e. The number of para-hydroxylation sites is 1. The number of benzene rings is 1. The van der Waals surface area contributed by atoms with E-state index in [1.807, 2.05) is 30.5 Å². The number of aryl methyl sites for hydroxylation is 1. The molecule has 0 spiro atoms. The van der Waals surface area contributed by atoms with Crippen LogP contribution in [0.25, 0.3) is 10.9 Å². The van der Waals surface area contributed by atoms with Crippen LogP contribution in [0.2, 0.25) is 0 Å². The summed E-state index contributed by atoms with van der Waals surface area (Å²) < 4.78 is 0. The van der Waals surface area contributed by atoms with Gasteiger partial charge < -0.3 is 10.1 Å². The van der Waals surface area contributed by atoms with Crippen LogP contribution in [-0.2, 0) is 11.2 Å². The molecule has 72 valence electrons. The lowest BCUT2D eigenvalue weighted by molar-refractivity contribution is -0.136. The predicted molar refractivity (Wildman–Crippen MR) is 55.2 cm³/mol. The minimum absolute atomic E-state index is 0.293. The smallest absolute Gasteiger partial charge is 0.516 e. The summed E-state index contributed by atoms with van der Waals surface area (Å²) in [5, 5.41) is 7.99. The summed E-state index contributed by atoms with van der Waals surface area (Å²) in [5.74, 6) is -0.504. The summed E-state index contributed by atoms with van der Waals surface area (Å²) in [6.07, 6.45) is 2.85. The molecule has 14 heavy (non-hydrogen) atoms. The molecule has 0 aliphatic rings. The molecule has 0 amide bonds. The van der Waals surface area contributed by atoms with Crippen LogP contribution in [0, 0.1) is 0 Å². The number of hydrogen-bond donors (Lipinski definition) is 1. The van der Waals surface area contributed by atoms with E-state index in [4.69, 9.17) is 5.11 Å². The highest BCUT2D eigenvalue weighted by Gasteiger charge is 2.08. The van der Waals surface area contributed by atoms with Crippen molar-refractivity contribution in [1.82, 2.24) is 4.98 Å². The Morgan fingerprint density at radius 2 is 2.14 bits per heavy atom. The second-order valence-electron chi connectivity index (χ2n) is 3.28. The van der Waals surface area contributed by atoms with Gasteiger partial charge in [0.2, 0.25) is 0 Å². The highest BCUT2D eigenvalue weighted by molar-refractivity contribution is 5.83. The molecule has 2 rings (SSSR count). The number of aromatic amines is 1. The third-order valence-corrected chi connectivity index (χ3v) is 2.30. The van der Waals surface area contributed by atoms with E-state index in [0.717, 1.165) is 16.5 Å². The molecule has 0 bridgehead atoms. The highest BCUT2D eigenvalue weighted by atomic mass is 16.4. The van der Waals surface area contributed by atoms with E-state index in [1.165, 1.54) is 0 Å². The molecule has 3 heteroatoms. The number of carbonyl (C=O) groups excluding carboxylic acids is 1. The number of aromatic nitrogens is 1. The fraction of sp³-hybridized carbons (Fsp3) is 0.182. The van der Waals surface area contributed by atoms with Crippen molar-refractivity contribution in [3.05, 3.63) is 36.0 Å². The Balaban J connectivity index is 2.29. The molecule has 1 aromatic carbocycles. The number of fused-ring (bicyclic) bond motifs is 1. The van der Waals surface area contributed by atoms with Crippen LogP contribution in [0.5, 0.6) is 0 Å². The maximum absolute atomic E-state index is 10.5. The van der Waals surface area contributed by atoms with Gasteiger partial charge in [-0.05, 0) is 18.1 Å². The summed E-state index contributed by atoms with van der Waals surface area (Å²) in [4.78, 5) is 13.7. The molecule has 1 heterocycles. The maximum atomic E-state index is 10.5. The van der Waals surface area contributed by atoms with Crippen molar-refractivity contribution in [3.8, 4) is 0 Å². The Hall–Kier alpha value is -1.77. The predicted octanol–water partition coefficient (Wildman–Crippen LogP) is 1.35.